The van der Waals surface area contributed by atoms with Gasteiger partial charge in [-0.3, -0.25) is 0 Å². The fourth-order valence-electron chi connectivity index (χ4n) is 2.62. The van der Waals surface area contributed by atoms with E-state index in [1.54, 1.807) is 0 Å². The van der Waals surface area contributed by atoms with Gasteiger partial charge in [-0.15, -0.1) is 11.8 Å². The smallest absolute Gasteiger partial charge is 0.0235 e. The maximum atomic E-state index is 2.32. The number of benzene rings is 2. The van der Waals surface area contributed by atoms with Crippen molar-refractivity contribution in [2.75, 3.05) is 0 Å². The molecule has 1 aliphatic heterocycles. The van der Waals surface area contributed by atoms with Crippen LogP contribution in [0.2, 0.25) is 0 Å². The second-order valence-corrected chi connectivity index (χ2v) is 5.69. The minimum atomic E-state index is 0.510. The van der Waals surface area contributed by atoms with Crippen molar-refractivity contribution >= 4 is 11.8 Å². The van der Waals surface area contributed by atoms with E-state index in [1.807, 2.05) is 11.8 Å². The maximum absolute atomic E-state index is 2.32. The predicted octanol–water partition coefficient (Wildman–Crippen LogP) is 4.75. The number of fused-ring (bicyclic) bond motifs is 2. The average Bonchev–Trinajstić information content (AvgIpc) is 2.50. The largest absolute Gasteiger partial charge is 0.121 e. The lowest BCUT2D eigenvalue weighted by molar-refractivity contribution is 0.885. The topological polar surface area (TPSA) is 0 Å². The van der Waals surface area contributed by atoms with Crippen molar-refractivity contribution in [1.29, 1.82) is 0 Å². The lowest BCUT2D eigenvalue weighted by Crippen LogP contribution is -1.99. The van der Waals surface area contributed by atoms with Crippen LogP contribution in [0.25, 0.3) is 0 Å². The van der Waals surface area contributed by atoms with E-state index in [9.17, 15) is 0 Å². The standard InChI is InChI=1S/C16H16S/c1-11-6-5-9-15-12(2)14-8-4-3-7-13(14)10-17-16(11)15/h3-9,12H,10H2,1-2H3. The first kappa shape index (κ1) is 10.9. The SMILES string of the molecule is Cc1cccc2c1SCc1ccccc1C2C. The number of rotatable bonds is 0. The zero-order chi connectivity index (χ0) is 11.8. The van der Waals surface area contributed by atoms with Gasteiger partial charge in [-0.25, -0.2) is 0 Å². The Bertz CT molecular complexity index is 557. The van der Waals surface area contributed by atoms with Crippen molar-refractivity contribution in [2.24, 2.45) is 0 Å². The van der Waals surface area contributed by atoms with E-state index in [0.29, 0.717) is 5.92 Å². The third-order valence-corrected chi connectivity index (χ3v) is 4.90. The van der Waals surface area contributed by atoms with Crippen molar-refractivity contribution < 1.29 is 0 Å². The van der Waals surface area contributed by atoms with Crippen LogP contribution >= 0.6 is 11.8 Å². The molecule has 0 spiro atoms. The fourth-order valence-corrected chi connectivity index (χ4v) is 3.89. The molecule has 1 aliphatic rings. The van der Waals surface area contributed by atoms with E-state index in [2.05, 4.69) is 56.3 Å². The molecule has 0 nitrogen and oxygen atoms in total. The van der Waals surface area contributed by atoms with Gasteiger partial charge in [0.25, 0.3) is 0 Å². The van der Waals surface area contributed by atoms with Crippen LogP contribution in [0.1, 0.15) is 35.1 Å². The Kier molecular flexibility index (Phi) is 2.71. The molecule has 0 saturated carbocycles. The molecule has 0 amide bonds. The molecule has 1 unspecified atom stereocenters. The number of hydrogen-bond donors (Lipinski definition) is 0. The zero-order valence-electron chi connectivity index (χ0n) is 10.2. The van der Waals surface area contributed by atoms with Gasteiger partial charge in [0.15, 0.2) is 0 Å². The lowest BCUT2D eigenvalue weighted by Gasteiger charge is -2.15. The summed E-state index contributed by atoms with van der Waals surface area (Å²) in [5.41, 5.74) is 5.87. The highest BCUT2D eigenvalue weighted by molar-refractivity contribution is 7.98. The van der Waals surface area contributed by atoms with Gasteiger partial charge < -0.3 is 0 Å². The number of thioether (sulfide) groups is 1. The van der Waals surface area contributed by atoms with Crippen molar-refractivity contribution in [2.45, 2.75) is 30.4 Å². The Morgan fingerprint density at radius 1 is 1.00 bits per heavy atom. The Hall–Kier alpha value is -1.21. The summed E-state index contributed by atoms with van der Waals surface area (Å²) in [7, 11) is 0. The van der Waals surface area contributed by atoms with Crippen LogP contribution in [0.3, 0.4) is 0 Å². The monoisotopic (exact) mass is 240 g/mol. The second-order valence-electron chi connectivity index (χ2n) is 4.70. The molecule has 0 fully saturated rings. The van der Waals surface area contributed by atoms with Gasteiger partial charge >= 0.3 is 0 Å². The molecule has 0 N–H and O–H groups in total. The molecule has 0 aliphatic carbocycles. The Labute approximate surface area is 107 Å². The average molecular weight is 240 g/mol. The summed E-state index contributed by atoms with van der Waals surface area (Å²) in [6.07, 6.45) is 0. The normalized spacial score (nSPS) is 18.1. The summed E-state index contributed by atoms with van der Waals surface area (Å²) >= 11 is 1.98. The Morgan fingerprint density at radius 3 is 2.65 bits per heavy atom. The molecule has 1 heteroatoms. The van der Waals surface area contributed by atoms with E-state index in [4.69, 9.17) is 0 Å². The first-order valence-electron chi connectivity index (χ1n) is 6.07. The van der Waals surface area contributed by atoms with Gasteiger partial charge in [-0.05, 0) is 29.2 Å². The van der Waals surface area contributed by atoms with Crippen LogP contribution in [0.5, 0.6) is 0 Å². The van der Waals surface area contributed by atoms with Crippen molar-refractivity contribution in [1.82, 2.24) is 0 Å². The van der Waals surface area contributed by atoms with Gasteiger partial charge in [0.1, 0.15) is 0 Å². The molecule has 0 bridgehead atoms. The fraction of sp³-hybridized carbons (Fsp3) is 0.250. The molecule has 3 rings (SSSR count). The predicted molar refractivity (Wildman–Crippen MR) is 74.7 cm³/mol. The third-order valence-electron chi connectivity index (χ3n) is 3.60. The summed E-state index contributed by atoms with van der Waals surface area (Å²) < 4.78 is 0. The maximum Gasteiger partial charge on any atom is 0.0235 e. The summed E-state index contributed by atoms with van der Waals surface area (Å²) in [5, 5.41) is 0. The molecule has 0 aromatic heterocycles. The molecule has 0 radical (unpaired) electrons. The Morgan fingerprint density at radius 2 is 1.76 bits per heavy atom. The van der Waals surface area contributed by atoms with Crippen LogP contribution in [0.4, 0.5) is 0 Å². The van der Waals surface area contributed by atoms with Crippen LogP contribution in [-0.2, 0) is 5.75 Å². The van der Waals surface area contributed by atoms with Gasteiger partial charge in [-0.2, -0.15) is 0 Å². The highest BCUT2D eigenvalue weighted by Crippen LogP contribution is 2.41. The van der Waals surface area contributed by atoms with Crippen LogP contribution in [0.15, 0.2) is 47.4 Å². The first-order chi connectivity index (χ1) is 8.27. The molecular formula is C16H16S. The van der Waals surface area contributed by atoms with Crippen molar-refractivity contribution in [3.8, 4) is 0 Å². The minimum absolute atomic E-state index is 0.510. The molecule has 86 valence electrons. The van der Waals surface area contributed by atoms with Gasteiger partial charge in [0.2, 0.25) is 0 Å². The van der Waals surface area contributed by atoms with E-state index >= 15 is 0 Å². The van der Waals surface area contributed by atoms with Crippen molar-refractivity contribution in [3.63, 3.8) is 0 Å². The molecule has 17 heavy (non-hydrogen) atoms. The van der Waals surface area contributed by atoms with E-state index in [0.717, 1.165) is 5.75 Å². The molecule has 1 atom stereocenters. The van der Waals surface area contributed by atoms with Crippen LogP contribution in [0, 0.1) is 6.92 Å². The highest BCUT2D eigenvalue weighted by atomic mass is 32.2. The number of aryl methyl sites for hydroxylation is 1. The molecular weight excluding hydrogens is 224 g/mol. The summed E-state index contributed by atoms with van der Waals surface area (Å²) in [6, 6.07) is 15.5. The van der Waals surface area contributed by atoms with E-state index < -0.39 is 0 Å². The molecule has 1 heterocycles. The zero-order valence-corrected chi connectivity index (χ0v) is 11.1. The number of hydrogen-bond acceptors (Lipinski definition) is 1. The van der Waals surface area contributed by atoms with Gasteiger partial charge in [0, 0.05) is 16.6 Å². The van der Waals surface area contributed by atoms with Crippen LogP contribution < -0.4 is 0 Å². The summed E-state index contributed by atoms with van der Waals surface area (Å²) in [6.45, 7) is 4.54. The quantitative estimate of drug-likeness (QED) is 0.640. The van der Waals surface area contributed by atoms with Crippen LogP contribution in [-0.4, -0.2) is 0 Å². The summed E-state index contributed by atoms with van der Waals surface area (Å²) in [4.78, 5) is 1.48. The highest BCUT2D eigenvalue weighted by Gasteiger charge is 2.20. The molecule has 2 aromatic carbocycles. The third kappa shape index (κ3) is 1.79. The van der Waals surface area contributed by atoms with Crippen molar-refractivity contribution in [3.05, 3.63) is 64.7 Å². The van der Waals surface area contributed by atoms with Gasteiger partial charge in [0.05, 0.1) is 0 Å². The molecule has 0 saturated heterocycles. The van der Waals surface area contributed by atoms with E-state index in [1.165, 1.54) is 27.1 Å². The lowest BCUT2D eigenvalue weighted by atomic mass is 9.89. The second kappa shape index (κ2) is 4.23. The summed E-state index contributed by atoms with van der Waals surface area (Å²) in [5.74, 6) is 1.61. The van der Waals surface area contributed by atoms with Gasteiger partial charge in [-0.1, -0.05) is 49.4 Å². The first-order valence-corrected chi connectivity index (χ1v) is 7.06. The Balaban J connectivity index is 2.20. The minimum Gasteiger partial charge on any atom is -0.121 e. The molecule has 2 aromatic rings. The van der Waals surface area contributed by atoms with E-state index in [-0.39, 0.29) is 0 Å².